The number of rotatable bonds is 5. The van der Waals surface area contributed by atoms with Crippen LogP contribution in [-0.2, 0) is 9.59 Å². The van der Waals surface area contributed by atoms with Crippen LogP contribution in [0.1, 0.15) is 39.1 Å². The third-order valence-corrected chi connectivity index (χ3v) is 6.06. The largest absolute Gasteiger partial charge is 0.292 e. The summed E-state index contributed by atoms with van der Waals surface area (Å²) in [7, 11) is 0. The summed E-state index contributed by atoms with van der Waals surface area (Å²) in [6, 6.07) is 13.3. The molecule has 1 fully saturated rings. The Kier molecular flexibility index (Phi) is 5.74. The molecule has 0 saturated carbocycles. The van der Waals surface area contributed by atoms with Crippen molar-refractivity contribution in [1.82, 2.24) is 10.0 Å². The number of halogens is 1. The lowest BCUT2D eigenvalue weighted by atomic mass is 9.85. The molecule has 2 atom stereocenters. The average Bonchev–Trinajstić information content (AvgIpc) is 3.03. The SMILES string of the molecule is Cc1ccc(C(=O)CN(C(=O)c2ccccc2Cl)N2C(=O)[C@H]3CC=CC[C@@H]3C2=O)cc1. The first kappa shape index (κ1) is 21.0. The Morgan fingerprint density at radius 1 is 0.968 bits per heavy atom. The minimum Gasteiger partial charge on any atom is -0.292 e. The second-order valence-corrected chi connectivity index (χ2v) is 8.18. The topological polar surface area (TPSA) is 74.8 Å². The van der Waals surface area contributed by atoms with Gasteiger partial charge < -0.3 is 0 Å². The van der Waals surface area contributed by atoms with E-state index in [0.29, 0.717) is 18.4 Å². The van der Waals surface area contributed by atoms with Gasteiger partial charge >= 0.3 is 0 Å². The third kappa shape index (κ3) is 3.91. The molecule has 31 heavy (non-hydrogen) atoms. The number of allylic oxidation sites excluding steroid dienone is 2. The van der Waals surface area contributed by atoms with Gasteiger partial charge in [-0.05, 0) is 31.9 Å². The summed E-state index contributed by atoms with van der Waals surface area (Å²) < 4.78 is 0. The van der Waals surface area contributed by atoms with E-state index in [2.05, 4.69) is 0 Å². The lowest BCUT2D eigenvalue weighted by Crippen LogP contribution is -2.52. The van der Waals surface area contributed by atoms with Crippen molar-refractivity contribution in [1.29, 1.82) is 0 Å². The van der Waals surface area contributed by atoms with Crippen LogP contribution in [-0.4, -0.2) is 40.1 Å². The van der Waals surface area contributed by atoms with Gasteiger partial charge in [-0.3, -0.25) is 19.2 Å². The minimum absolute atomic E-state index is 0.120. The molecule has 3 amide bonds. The van der Waals surface area contributed by atoms with Crippen LogP contribution < -0.4 is 0 Å². The highest BCUT2D eigenvalue weighted by atomic mass is 35.5. The molecule has 6 nitrogen and oxygen atoms in total. The van der Waals surface area contributed by atoms with Crippen LogP contribution in [0.5, 0.6) is 0 Å². The van der Waals surface area contributed by atoms with Crippen LogP contribution in [0.15, 0.2) is 60.7 Å². The number of imide groups is 1. The number of carbonyl (C=O) groups is 4. The number of Topliss-reactive ketones (excluding diaryl/α,β-unsaturated/α-hetero) is 1. The minimum atomic E-state index is -0.667. The zero-order valence-electron chi connectivity index (χ0n) is 17.0. The highest BCUT2D eigenvalue weighted by Gasteiger charge is 2.51. The van der Waals surface area contributed by atoms with Gasteiger partial charge in [-0.1, -0.05) is 65.7 Å². The van der Waals surface area contributed by atoms with Crippen molar-refractivity contribution in [3.63, 3.8) is 0 Å². The Hall–Kier alpha value is -3.25. The molecule has 2 aliphatic rings. The third-order valence-electron chi connectivity index (χ3n) is 5.73. The summed E-state index contributed by atoms with van der Waals surface area (Å²) in [6.07, 6.45) is 4.61. The van der Waals surface area contributed by atoms with Gasteiger partial charge in [0.1, 0.15) is 6.54 Å². The van der Waals surface area contributed by atoms with E-state index >= 15 is 0 Å². The molecule has 2 aromatic carbocycles. The van der Waals surface area contributed by atoms with E-state index in [1.807, 2.05) is 19.1 Å². The molecule has 0 aromatic heterocycles. The van der Waals surface area contributed by atoms with E-state index in [1.54, 1.807) is 42.5 Å². The van der Waals surface area contributed by atoms with Gasteiger partial charge in [0.2, 0.25) is 0 Å². The van der Waals surface area contributed by atoms with Gasteiger partial charge in [0, 0.05) is 5.56 Å². The second-order valence-electron chi connectivity index (χ2n) is 7.78. The number of hydrogen-bond donors (Lipinski definition) is 0. The van der Waals surface area contributed by atoms with Crippen LogP contribution in [0.4, 0.5) is 0 Å². The van der Waals surface area contributed by atoms with Crippen LogP contribution in [0.25, 0.3) is 0 Å². The lowest BCUT2D eigenvalue weighted by molar-refractivity contribution is -0.154. The highest BCUT2D eigenvalue weighted by Crippen LogP contribution is 2.36. The molecular weight excluding hydrogens is 416 g/mol. The Bertz CT molecular complexity index is 1070. The first-order valence-corrected chi connectivity index (χ1v) is 10.4. The van der Waals surface area contributed by atoms with E-state index in [-0.39, 0.29) is 16.4 Å². The molecule has 0 spiro atoms. The van der Waals surface area contributed by atoms with E-state index < -0.39 is 36.1 Å². The smallest absolute Gasteiger partial charge is 0.274 e. The van der Waals surface area contributed by atoms with Crippen LogP contribution in [0.3, 0.4) is 0 Å². The van der Waals surface area contributed by atoms with Gasteiger partial charge in [0.15, 0.2) is 5.78 Å². The molecule has 1 aliphatic heterocycles. The molecule has 1 heterocycles. The van der Waals surface area contributed by atoms with Crippen molar-refractivity contribution in [2.24, 2.45) is 11.8 Å². The summed E-state index contributed by atoms with van der Waals surface area (Å²) in [6.45, 7) is 1.45. The molecule has 0 unspecified atom stereocenters. The quantitative estimate of drug-likeness (QED) is 0.405. The van der Waals surface area contributed by atoms with Gasteiger partial charge in [-0.15, -0.1) is 0 Å². The highest BCUT2D eigenvalue weighted by molar-refractivity contribution is 6.34. The number of nitrogens with zero attached hydrogens (tertiary/aromatic N) is 2. The molecule has 158 valence electrons. The fourth-order valence-electron chi connectivity index (χ4n) is 3.99. The van der Waals surface area contributed by atoms with Crippen LogP contribution in [0.2, 0.25) is 5.02 Å². The summed E-state index contributed by atoms with van der Waals surface area (Å²) in [5.41, 5.74) is 1.50. The first-order chi connectivity index (χ1) is 14.9. The van der Waals surface area contributed by atoms with Gasteiger partial charge in [-0.2, -0.15) is 5.01 Å². The predicted molar refractivity (Wildman–Crippen MR) is 115 cm³/mol. The van der Waals surface area contributed by atoms with E-state index in [4.69, 9.17) is 11.6 Å². The zero-order valence-corrected chi connectivity index (χ0v) is 17.7. The number of aryl methyl sites for hydroxylation is 1. The number of hydrogen-bond acceptors (Lipinski definition) is 4. The van der Waals surface area contributed by atoms with Gasteiger partial charge in [0.25, 0.3) is 17.7 Å². The van der Waals surface area contributed by atoms with Crippen LogP contribution >= 0.6 is 11.6 Å². The Balaban J connectivity index is 1.70. The molecule has 1 saturated heterocycles. The van der Waals surface area contributed by atoms with Crippen molar-refractivity contribution in [2.45, 2.75) is 19.8 Å². The van der Waals surface area contributed by atoms with Gasteiger partial charge in [-0.25, -0.2) is 5.01 Å². The first-order valence-electron chi connectivity index (χ1n) is 10.1. The van der Waals surface area contributed by atoms with Crippen molar-refractivity contribution in [2.75, 3.05) is 6.54 Å². The summed E-state index contributed by atoms with van der Waals surface area (Å²) in [5, 5.41) is 1.99. The Morgan fingerprint density at radius 2 is 1.55 bits per heavy atom. The average molecular weight is 437 g/mol. The summed E-state index contributed by atoms with van der Waals surface area (Å²) in [4.78, 5) is 52.6. The molecule has 1 aliphatic carbocycles. The molecule has 0 bridgehead atoms. The molecular formula is C24H21ClN2O4. The van der Waals surface area contributed by atoms with Crippen molar-refractivity contribution in [3.05, 3.63) is 82.4 Å². The van der Waals surface area contributed by atoms with Crippen LogP contribution in [0, 0.1) is 18.8 Å². The summed E-state index contributed by atoms with van der Waals surface area (Å²) >= 11 is 6.20. The standard InChI is InChI=1S/C24H21ClN2O4/c1-15-10-12-16(13-11-15)21(28)14-26(22(29)19-8-4-5-9-20(19)25)27-23(30)17-6-2-3-7-18(17)24(27)31/h2-5,8-13,17-18H,6-7,14H2,1H3/t17-,18-/m0/s1. The molecule has 0 radical (unpaired) electrons. The van der Waals surface area contributed by atoms with E-state index in [1.165, 1.54) is 6.07 Å². The Labute approximate surface area is 185 Å². The zero-order chi connectivity index (χ0) is 22.1. The number of hydrazine groups is 1. The number of fused-ring (bicyclic) bond motifs is 1. The van der Waals surface area contributed by atoms with E-state index in [0.717, 1.165) is 15.6 Å². The molecule has 4 rings (SSSR count). The molecule has 2 aromatic rings. The number of benzene rings is 2. The maximum absolute atomic E-state index is 13.4. The maximum Gasteiger partial charge on any atom is 0.274 e. The van der Waals surface area contributed by atoms with Gasteiger partial charge in [0.05, 0.1) is 22.4 Å². The normalized spacial score (nSPS) is 20.0. The summed E-state index contributed by atoms with van der Waals surface area (Å²) in [5.74, 6) is -3.01. The fourth-order valence-corrected chi connectivity index (χ4v) is 4.21. The fraction of sp³-hybridized carbons (Fsp3) is 0.250. The van der Waals surface area contributed by atoms with Crippen molar-refractivity contribution >= 4 is 35.1 Å². The number of ketones is 1. The maximum atomic E-state index is 13.4. The Morgan fingerprint density at radius 3 is 2.13 bits per heavy atom. The second kappa shape index (κ2) is 8.47. The number of amides is 3. The molecule has 7 heteroatoms. The molecule has 0 N–H and O–H groups in total. The lowest BCUT2D eigenvalue weighted by Gasteiger charge is -2.30. The number of carbonyl (C=O) groups excluding carboxylic acids is 4. The monoisotopic (exact) mass is 436 g/mol. The van der Waals surface area contributed by atoms with Crippen molar-refractivity contribution in [3.8, 4) is 0 Å². The predicted octanol–water partition coefficient (Wildman–Crippen LogP) is 3.84. The van der Waals surface area contributed by atoms with E-state index in [9.17, 15) is 19.2 Å². The van der Waals surface area contributed by atoms with Crippen molar-refractivity contribution < 1.29 is 19.2 Å².